The monoisotopic (exact) mass is 463 g/mol. The van der Waals surface area contributed by atoms with Gasteiger partial charge in [0.1, 0.15) is 11.6 Å². The standard InChI is InChI=1S/C24H25N5O5/c1-5-34-18-9-7-17(8-10-18)28(23(31)16-6-11-19(32-3)20(13-16)33-4)14-21-26-24-25-15(2)12-22(30)29(24)27-21/h6-13H,5,14H2,1-4H3,(H,25,26,27). The van der Waals surface area contributed by atoms with Crippen molar-refractivity contribution in [1.82, 2.24) is 19.6 Å². The number of aromatic amines is 1. The van der Waals surface area contributed by atoms with Crippen LogP contribution in [-0.2, 0) is 6.54 Å². The van der Waals surface area contributed by atoms with Crippen molar-refractivity contribution in [2.75, 3.05) is 25.7 Å². The highest BCUT2D eigenvalue weighted by Gasteiger charge is 2.22. The van der Waals surface area contributed by atoms with Crippen LogP contribution in [0.4, 0.5) is 5.69 Å². The predicted octanol–water partition coefficient (Wildman–Crippen LogP) is 2.99. The molecule has 34 heavy (non-hydrogen) atoms. The van der Waals surface area contributed by atoms with E-state index >= 15 is 0 Å². The topological polar surface area (TPSA) is 111 Å². The van der Waals surface area contributed by atoms with Crippen LogP contribution in [0.25, 0.3) is 5.78 Å². The van der Waals surface area contributed by atoms with Crippen LogP contribution in [0.15, 0.2) is 53.3 Å². The average Bonchev–Trinajstić information content (AvgIpc) is 3.25. The number of fused-ring (bicyclic) bond motifs is 1. The maximum absolute atomic E-state index is 13.6. The number of hydrogen-bond acceptors (Lipinski definition) is 7. The van der Waals surface area contributed by atoms with Gasteiger partial charge in [-0.25, -0.2) is 4.98 Å². The molecule has 0 aliphatic rings. The van der Waals surface area contributed by atoms with Gasteiger partial charge in [-0.15, -0.1) is 0 Å². The number of amides is 1. The molecule has 176 valence electrons. The van der Waals surface area contributed by atoms with Gasteiger partial charge in [-0.3, -0.25) is 14.7 Å². The Balaban J connectivity index is 1.74. The van der Waals surface area contributed by atoms with Crippen molar-refractivity contribution >= 4 is 17.4 Å². The van der Waals surface area contributed by atoms with Crippen LogP contribution in [0.1, 0.15) is 28.8 Å². The predicted molar refractivity (Wildman–Crippen MR) is 126 cm³/mol. The second-order valence-corrected chi connectivity index (χ2v) is 7.43. The van der Waals surface area contributed by atoms with E-state index in [-0.39, 0.29) is 23.8 Å². The minimum absolute atomic E-state index is 0.0724. The van der Waals surface area contributed by atoms with Gasteiger partial charge in [0.25, 0.3) is 17.2 Å². The summed E-state index contributed by atoms with van der Waals surface area (Å²) in [5.74, 6) is 2.00. The van der Waals surface area contributed by atoms with Gasteiger partial charge in [0.15, 0.2) is 11.5 Å². The highest BCUT2D eigenvalue weighted by molar-refractivity contribution is 6.06. The normalized spacial score (nSPS) is 10.8. The van der Waals surface area contributed by atoms with Crippen molar-refractivity contribution in [2.24, 2.45) is 0 Å². The van der Waals surface area contributed by atoms with E-state index in [9.17, 15) is 9.59 Å². The van der Waals surface area contributed by atoms with Gasteiger partial charge in [0.2, 0.25) is 0 Å². The third kappa shape index (κ3) is 4.56. The second-order valence-electron chi connectivity index (χ2n) is 7.43. The van der Waals surface area contributed by atoms with Gasteiger partial charge in [0.05, 0.1) is 27.4 Å². The van der Waals surface area contributed by atoms with E-state index in [1.807, 2.05) is 6.92 Å². The Morgan fingerprint density at radius 2 is 1.76 bits per heavy atom. The van der Waals surface area contributed by atoms with Gasteiger partial charge >= 0.3 is 0 Å². The van der Waals surface area contributed by atoms with E-state index in [0.29, 0.717) is 46.6 Å². The number of benzene rings is 2. The van der Waals surface area contributed by atoms with Crippen LogP contribution in [-0.4, -0.2) is 46.3 Å². The van der Waals surface area contributed by atoms with Gasteiger partial charge in [-0.1, -0.05) is 0 Å². The summed E-state index contributed by atoms with van der Waals surface area (Å²) in [4.78, 5) is 36.2. The summed E-state index contributed by atoms with van der Waals surface area (Å²) in [6.07, 6.45) is 0. The van der Waals surface area contributed by atoms with Crippen LogP contribution in [0, 0.1) is 6.92 Å². The van der Waals surface area contributed by atoms with Crippen LogP contribution in [0.5, 0.6) is 17.2 Å². The fourth-order valence-corrected chi connectivity index (χ4v) is 3.55. The minimum atomic E-state index is -0.290. The van der Waals surface area contributed by atoms with Gasteiger partial charge in [-0.2, -0.15) is 9.50 Å². The number of aryl methyl sites for hydroxylation is 1. The summed E-state index contributed by atoms with van der Waals surface area (Å²) in [5.41, 5.74) is 1.31. The third-order valence-corrected chi connectivity index (χ3v) is 5.15. The number of nitrogens with zero attached hydrogens (tertiary/aromatic N) is 4. The fourth-order valence-electron chi connectivity index (χ4n) is 3.55. The highest BCUT2D eigenvalue weighted by atomic mass is 16.5. The molecule has 0 saturated carbocycles. The van der Waals surface area contributed by atoms with Crippen molar-refractivity contribution in [2.45, 2.75) is 20.4 Å². The molecule has 0 spiro atoms. The highest BCUT2D eigenvalue weighted by Crippen LogP contribution is 2.29. The molecule has 1 amide bonds. The lowest BCUT2D eigenvalue weighted by atomic mass is 10.1. The van der Waals surface area contributed by atoms with E-state index in [0.717, 1.165) is 0 Å². The Labute approximate surface area is 195 Å². The Bertz CT molecular complexity index is 1380. The van der Waals surface area contributed by atoms with Gasteiger partial charge < -0.3 is 19.1 Å². The largest absolute Gasteiger partial charge is 0.494 e. The molecule has 2 aromatic heterocycles. The molecule has 2 heterocycles. The van der Waals surface area contributed by atoms with Crippen molar-refractivity contribution < 1.29 is 19.0 Å². The molecule has 1 N–H and O–H groups in total. The Morgan fingerprint density at radius 3 is 2.44 bits per heavy atom. The van der Waals surface area contributed by atoms with E-state index in [1.54, 1.807) is 54.3 Å². The first-order valence-electron chi connectivity index (χ1n) is 10.7. The zero-order valence-electron chi connectivity index (χ0n) is 19.4. The van der Waals surface area contributed by atoms with Crippen LogP contribution in [0.2, 0.25) is 0 Å². The summed E-state index contributed by atoms with van der Waals surface area (Å²) in [6.45, 7) is 4.24. The van der Waals surface area contributed by atoms with Crippen LogP contribution >= 0.6 is 0 Å². The van der Waals surface area contributed by atoms with E-state index in [1.165, 1.54) is 24.8 Å². The molecular formula is C24H25N5O5. The second kappa shape index (κ2) is 9.65. The van der Waals surface area contributed by atoms with Crippen molar-refractivity contribution in [3.8, 4) is 17.2 Å². The molecule has 0 radical (unpaired) electrons. The number of hydrogen-bond donors (Lipinski definition) is 1. The maximum atomic E-state index is 13.6. The van der Waals surface area contributed by atoms with Crippen molar-refractivity contribution in [1.29, 1.82) is 0 Å². The first kappa shape index (κ1) is 22.8. The molecule has 10 heteroatoms. The molecule has 4 aromatic rings. The Hall–Kier alpha value is -4.34. The lowest BCUT2D eigenvalue weighted by Gasteiger charge is -2.22. The number of aromatic nitrogens is 4. The number of ether oxygens (including phenoxy) is 3. The summed E-state index contributed by atoms with van der Waals surface area (Å²) in [6, 6.07) is 13.5. The van der Waals surface area contributed by atoms with Crippen molar-refractivity contribution in [3.63, 3.8) is 0 Å². The minimum Gasteiger partial charge on any atom is -0.494 e. The first-order chi connectivity index (χ1) is 16.4. The molecule has 0 aliphatic carbocycles. The van der Waals surface area contributed by atoms with Gasteiger partial charge in [0, 0.05) is 23.0 Å². The molecule has 0 aliphatic heterocycles. The maximum Gasteiger partial charge on any atom is 0.274 e. The lowest BCUT2D eigenvalue weighted by Crippen LogP contribution is -2.31. The third-order valence-electron chi connectivity index (χ3n) is 5.15. The lowest BCUT2D eigenvalue weighted by molar-refractivity contribution is 0.0984. The number of H-pyrrole nitrogens is 1. The first-order valence-corrected chi connectivity index (χ1v) is 10.7. The number of carbonyl (C=O) groups is 1. The molecular weight excluding hydrogens is 438 g/mol. The average molecular weight is 463 g/mol. The molecule has 0 saturated heterocycles. The van der Waals surface area contributed by atoms with E-state index < -0.39 is 0 Å². The number of methoxy groups -OCH3 is 2. The van der Waals surface area contributed by atoms with E-state index in [2.05, 4.69) is 15.1 Å². The summed E-state index contributed by atoms with van der Waals surface area (Å²) >= 11 is 0. The number of nitrogens with one attached hydrogen (secondary N) is 1. The smallest absolute Gasteiger partial charge is 0.274 e. The number of rotatable bonds is 8. The van der Waals surface area contributed by atoms with E-state index in [4.69, 9.17) is 14.2 Å². The molecule has 10 nitrogen and oxygen atoms in total. The Morgan fingerprint density at radius 1 is 1.03 bits per heavy atom. The molecule has 0 unspecified atom stereocenters. The quantitative estimate of drug-likeness (QED) is 0.428. The summed E-state index contributed by atoms with van der Waals surface area (Å²) < 4.78 is 17.4. The van der Waals surface area contributed by atoms with Crippen LogP contribution in [0.3, 0.4) is 0 Å². The van der Waals surface area contributed by atoms with Crippen molar-refractivity contribution in [3.05, 3.63) is 76.0 Å². The number of carbonyl (C=O) groups excluding carboxylic acids is 1. The summed E-state index contributed by atoms with van der Waals surface area (Å²) in [5, 5.41) is 2.94. The molecule has 0 fully saturated rings. The fraction of sp³-hybridized carbons (Fsp3) is 0.250. The zero-order valence-corrected chi connectivity index (χ0v) is 19.4. The SMILES string of the molecule is CCOc1ccc(N(Cc2nc3nc(C)cc(=O)n3[nH]2)C(=O)c2ccc(OC)c(OC)c2)cc1. The van der Waals surface area contributed by atoms with Crippen LogP contribution < -0.4 is 24.7 Å². The molecule has 0 bridgehead atoms. The Kier molecular flexibility index (Phi) is 6.48. The number of anilines is 1. The van der Waals surface area contributed by atoms with Gasteiger partial charge in [-0.05, 0) is 56.3 Å². The molecule has 4 rings (SSSR count). The molecule has 0 atom stereocenters. The summed E-state index contributed by atoms with van der Waals surface area (Å²) in [7, 11) is 3.04. The molecule has 2 aromatic carbocycles. The zero-order chi connectivity index (χ0) is 24.2.